The molecule has 0 radical (unpaired) electrons. The van der Waals surface area contributed by atoms with Crippen molar-refractivity contribution in [3.05, 3.63) is 12.2 Å². The quantitative estimate of drug-likeness (QED) is 0.257. The zero-order valence-electron chi connectivity index (χ0n) is 11.6. The number of allylic oxidation sites excluding steroid dienone is 2. The molecule has 0 amide bonds. The van der Waals surface area contributed by atoms with E-state index >= 15 is 0 Å². The molecule has 0 rings (SSSR count). The second-order valence-corrected chi connectivity index (χ2v) is 4.79. The first-order valence-corrected chi connectivity index (χ1v) is 7.44. The molecule has 0 atom stereocenters. The van der Waals surface area contributed by atoms with Crippen LogP contribution in [0.15, 0.2) is 12.2 Å². The minimum absolute atomic E-state index is 0.689. The number of aldehydes is 2. The van der Waals surface area contributed by atoms with Gasteiger partial charge < -0.3 is 9.59 Å². The predicted octanol–water partition coefficient (Wildman–Crippen LogP) is 4.62. The van der Waals surface area contributed by atoms with Gasteiger partial charge in [0.25, 0.3) is 0 Å². The molecule has 0 spiro atoms. The molecule has 0 saturated heterocycles. The van der Waals surface area contributed by atoms with E-state index in [0.29, 0.717) is 6.42 Å². The third-order valence-corrected chi connectivity index (χ3v) is 3.05. The standard InChI is InChI=1S/C16H28O2/c17-15-13-11-9-7-5-3-1-2-4-6-8-10-12-14-16-18/h5,7,15-16H,1-4,6,8-14H2/b7-5-. The summed E-state index contributed by atoms with van der Waals surface area (Å²) in [5.74, 6) is 0. The average Bonchev–Trinajstić information content (AvgIpc) is 2.39. The van der Waals surface area contributed by atoms with Gasteiger partial charge in [0, 0.05) is 12.8 Å². The SMILES string of the molecule is O=CCCC/C=C\CCCCCCCCCC=O. The highest BCUT2D eigenvalue weighted by Gasteiger charge is 1.91. The average molecular weight is 252 g/mol. The normalized spacial score (nSPS) is 10.9. The Morgan fingerprint density at radius 1 is 0.444 bits per heavy atom. The van der Waals surface area contributed by atoms with Crippen LogP contribution >= 0.6 is 0 Å². The van der Waals surface area contributed by atoms with E-state index in [-0.39, 0.29) is 0 Å². The smallest absolute Gasteiger partial charge is 0.120 e. The van der Waals surface area contributed by atoms with Crippen molar-refractivity contribution in [1.29, 1.82) is 0 Å². The number of unbranched alkanes of at least 4 members (excludes halogenated alkanes) is 10. The second kappa shape index (κ2) is 16.1. The highest BCUT2D eigenvalue weighted by atomic mass is 16.1. The van der Waals surface area contributed by atoms with E-state index in [9.17, 15) is 9.59 Å². The molecular weight excluding hydrogens is 224 g/mol. The van der Waals surface area contributed by atoms with Gasteiger partial charge in [-0.15, -0.1) is 0 Å². The first kappa shape index (κ1) is 17.1. The largest absolute Gasteiger partial charge is 0.303 e. The van der Waals surface area contributed by atoms with Gasteiger partial charge in [-0.25, -0.2) is 0 Å². The molecule has 0 fully saturated rings. The molecule has 18 heavy (non-hydrogen) atoms. The molecule has 0 unspecified atom stereocenters. The molecule has 0 heterocycles. The van der Waals surface area contributed by atoms with E-state index in [0.717, 1.165) is 38.3 Å². The molecule has 0 N–H and O–H groups in total. The number of hydrogen-bond acceptors (Lipinski definition) is 2. The highest BCUT2D eigenvalue weighted by molar-refractivity contribution is 5.49. The van der Waals surface area contributed by atoms with E-state index in [1.165, 1.54) is 44.9 Å². The molecular formula is C16H28O2. The van der Waals surface area contributed by atoms with Crippen molar-refractivity contribution in [1.82, 2.24) is 0 Å². The lowest BCUT2D eigenvalue weighted by atomic mass is 10.1. The molecule has 0 saturated carbocycles. The summed E-state index contributed by atoms with van der Waals surface area (Å²) >= 11 is 0. The Balaban J connectivity index is 3.02. The highest BCUT2D eigenvalue weighted by Crippen LogP contribution is 2.09. The number of carbonyl (C=O) groups is 2. The fourth-order valence-electron chi connectivity index (χ4n) is 1.93. The lowest BCUT2D eigenvalue weighted by Gasteiger charge is -1.99. The molecule has 104 valence electrons. The molecule has 0 bridgehead atoms. The molecule has 0 aromatic carbocycles. The van der Waals surface area contributed by atoms with E-state index in [2.05, 4.69) is 12.2 Å². The number of carbonyl (C=O) groups excluding carboxylic acids is 2. The van der Waals surface area contributed by atoms with Crippen LogP contribution < -0.4 is 0 Å². The number of hydrogen-bond donors (Lipinski definition) is 0. The van der Waals surface area contributed by atoms with Gasteiger partial charge in [-0.2, -0.15) is 0 Å². The molecule has 0 aromatic rings. The van der Waals surface area contributed by atoms with E-state index < -0.39 is 0 Å². The van der Waals surface area contributed by atoms with Gasteiger partial charge in [0.05, 0.1) is 0 Å². The summed E-state index contributed by atoms with van der Waals surface area (Å²) < 4.78 is 0. The third kappa shape index (κ3) is 15.1. The summed E-state index contributed by atoms with van der Waals surface area (Å²) in [5.41, 5.74) is 0. The van der Waals surface area contributed by atoms with Crippen molar-refractivity contribution in [2.24, 2.45) is 0 Å². The van der Waals surface area contributed by atoms with Crippen molar-refractivity contribution in [3.63, 3.8) is 0 Å². The van der Waals surface area contributed by atoms with Gasteiger partial charge in [0.2, 0.25) is 0 Å². The molecule has 2 nitrogen and oxygen atoms in total. The maximum absolute atomic E-state index is 10.1. The van der Waals surface area contributed by atoms with E-state index in [1.807, 2.05) is 0 Å². The Morgan fingerprint density at radius 2 is 0.833 bits per heavy atom. The van der Waals surface area contributed by atoms with Crippen LogP contribution in [-0.2, 0) is 9.59 Å². The summed E-state index contributed by atoms with van der Waals surface area (Å²) in [6, 6.07) is 0. The van der Waals surface area contributed by atoms with Gasteiger partial charge in [0.15, 0.2) is 0 Å². The molecule has 2 heteroatoms. The van der Waals surface area contributed by atoms with Crippen LogP contribution in [0, 0.1) is 0 Å². The first-order valence-electron chi connectivity index (χ1n) is 7.44. The maximum atomic E-state index is 10.1. The van der Waals surface area contributed by atoms with Crippen LogP contribution in [0.3, 0.4) is 0 Å². The summed E-state index contributed by atoms with van der Waals surface area (Å²) in [4.78, 5) is 20.2. The number of rotatable bonds is 14. The van der Waals surface area contributed by atoms with Gasteiger partial charge >= 0.3 is 0 Å². The predicted molar refractivity (Wildman–Crippen MR) is 76.7 cm³/mol. The molecule has 0 aliphatic heterocycles. The fourth-order valence-corrected chi connectivity index (χ4v) is 1.93. The minimum atomic E-state index is 0.689. The lowest BCUT2D eigenvalue weighted by Crippen LogP contribution is -1.81. The van der Waals surface area contributed by atoms with Crippen molar-refractivity contribution < 1.29 is 9.59 Å². The van der Waals surface area contributed by atoms with Gasteiger partial charge in [-0.05, 0) is 32.1 Å². The zero-order chi connectivity index (χ0) is 13.3. The summed E-state index contributed by atoms with van der Waals surface area (Å²) in [5, 5.41) is 0. The summed E-state index contributed by atoms with van der Waals surface area (Å²) in [7, 11) is 0. The van der Waals surface area contributed by atoms with Crippen molar-refractivity contribution in [2.75, 3.05) is 0 Å². The first-order chi connectivity index (χ1) is 8.91. The Bertz CT molecular complexity index is 209. The fraction of sp³-hybridized carbons (Fsp3) is 0.750. The van der Waals surface area contributed by atoms with Crippen LogP contribution in [0.2, 0.25) is 0 Å². The monoisotopic (exact) mass is 252 g/mol. The van der Waals surface area contributed by atoms with Crippen molar-refractivity contribution in [3.8, 4) is 0 Å². The van der Waals surface area contributed by atoms with Gasteiger partial charge in [0.1, 0.15) is 12.6 Å². The van der Waals surface area contributed by atoms with E-state index in [1.54, 1.807) is 0 Å². The Morgan fingerprint density at radius 3 is 1.39 bits per heavy atom. The Kier molecular flexibility index (Phi) is 15.3. The second-order valence-electron chi connectivity index (χ2n) is 4.79. The topological polar surface area (TPSA) is 34.1 Å². The molecule has 0 aliphatic rings. The minimum Gasteiger partial charge on any atom is -0.303 e. The van der Waals surface area contributed by atoms with Crippen molar-refractivity contribution in [2.45, 2.75) is 77.0 Å². The third-order valence-electron chi connectivity index (χ3n) is 3.05. The van der Waals surface area contributed by atoms with Crippen LogP contribution in [0.25, 0.3) is 0 Å². The van der Waals surface area contributed by atoms with E-state index in [4.69, 9.17) is 0 Å². The summed E-state index contributed by atoms with van der Waals surface area (Å²) in [6.07, 6.45) is 19.8. The zero-order valence-corrected chi connectivity index (χ0v) is 11.6. The summed E-state index contributed by atoms with van der Waals surface area (Å²) in [6.45, 7) is 0. The Labute approximate surface area is 112 Å². The van der Waals surface area contributed by atoms with Gasteiger partial charge in [-0.1, -0.05) is 44.3 Å². The van der Waals surface area contributed by atoms with Crippen LogP contribution in [0.1, 0.15) is 77.0 Å². The van der Waals surface area contributed by atoms with Gasteiger partial charge in [-0.3, -0.25) is 0 Å². The molecule has 0 aromatic heterocycles. The lowest BCUT2D eigenvalue weighted by molar-refractivity contribution is -0.108. The van der Waals surface area contributed by atoms with Crippen LogP contribution in [0.5, 0.6) is 0 Å². The maximum Gasteiger partial charge on any atom is 0.120 e. The molecule has 0 aliphatic carbocycles. The van der Waals surface area contributed by atoms with Crippen molar-refractivity contribution >= 4 is 12.6 Å². The Hall–Kier alpha value is -0.920. The van der Waals surface area contributed by atoms with Crippen LogP contribution in [-0.4, -0.2) is 12.6 Å². The van der Waals surface area contributed by atoms with Crippen LogP contribution in [0.4, 0.5) is 0 Å².